The van der Waals surface area contributed by atoms with E-state index in [-0.39, 0.29) is 12.3 Å². The minimum atomic E-state index is -3.34. The number of hydrogen-bond donors (Lipinski definition) is 2. The topological polar surface area (TPSA) is 93.1 Å². The van der Waals surface area contributed by atoms with Gasteiger partial charge in [0.05, 0.1) is 24.1 Å². The maximum Gasteiger partial charge on any atom is 0.229 e. The van der Waals surface area contributed by atoms with Crippen molar-refractivity contribution in [3.05, 3.63) is 70.5 Å². The monoisotopic (exact) mass is 432 g/mol. The zero-order valence-electron chi connectivity index (χ0n) is 16.2. The van der Waals surface area contributed by atoms with Crippen LogP contribution in [0, 0.1) is 13.8 Å². The molecule has 9 heteroatoms. The minimum absolute atomic E-state index is 0.175. The van der Waals surface area contributed by atoms with E-state index in [1.807, 2.05) is 26.0 Å². The van der Waals surface area contributed by atoms with Gasteiger partial charge in [-0.2, -0.15) is 5.10 Å². The van der Waals surface area contributed by atoms with E-state index in [4.69, 9.17) is 11.6 Å². The summed E-state index contributed by atoms with van der Waals surface area (Å²) in [5.41, 5.74) is 4.40. The van der Waals surface area contributed by atoms with Crippen LogP contribution in [0.2, 0.25) is 5.02 Å². The van der Waals surface area contributed by atoms with Gasteiger partial charge in [0.25, 0.3) is 0 Å². The first-order chi connectivity index (χ1) is 13.6. The molecule has 0 unspecified atom stereocenters. The Morgan fingerprint density at radius 2 is 1.62 bits per heavy atom. The Balaban J connectivity index is 1.72. The van der Waals surface area contributed by atoms with Crippen molar-refractivity contribution < 1.29 is 13.2 Å². The maximum absolute atomic E-state index is 12.5. The number of carbonyl (C=O) groups excluding carboxylic acids is 1. The third-order valence-electron chi connectivity index (χ3n) is 4.32. The van der Waals surface area contributed by atoms with Crippen LogP contribution < -0.4 is 10.0 Å². The maximum atomic E-state index is 12.5. The van der Waals surface area contributed by atoms with Gasteiger partial charge < -0.3 is 5.32 Å². The third-order valence-corrected chi connectivity index (χ3v) is 5.18. The van der Waals surface area contributed by atoms with Crippen LogP contribution in [-0.4, -0.2) is 30.4 Å². The van der Waals surface area contributed by atoms with E-state index in [0.717, 1.165) is 28.9 Å². The summed E-state index contributed by atoms with van der Waals surface area (Å²) < 4.78 is 26.7. The van der Waals surface area contributed by atoms with Gasteiger partial charge in [-0.25, -0.2) is 13.1 Å². The highest BCUT2D eigenvalue weighted by atomic mass is 35.5. The molecular formula is C20H21ClN4O3S. The molecule has 0 aliphatic rings. The lowest BCUT2D eigenvalue weighted by Gasteiger charge is -2.08. The third kappa shape index (κ3) is 5.36. The van der Waals surface area contributed by atoms with Crippen LogP contribution in [0.4, 0.5) is 11.4 Å². The zero-order valence-corrected chi connectivity index (χ0v) is 17.8. The molecule has 0 fully saturated rings. The van der Waals surface area contributed by atoms with Crippen molar-refractivity contribution in [2.24, 2.45) is 0 Å². The molecule has 0 bridgehead atoms. The number of nitrogens with one attached hydrogen (secondary N) is 2. The van der Waals surface area contributed by atoms with Crippen molar-refractivity contribution in [1.82, 2.24) is 9.78 Å². The molecule has 1 aromatic heterocycles. The molecule has 0 aliphatic heterocycles. The lowest BCUT2D eigenvalue weighted by atomic mass is 10.1. The summed E-state index contributed by atoms with van der Waals surface area (Å²) in [7, 11) is -3.34. The van der Waals surface area contributed by atoms with E-state index >= 15 is 0 Å². The van der Waals surface area contributed by atoms with Gasteiger partial charge in [-0.1, -0.05) is 11.6 Å². The Labute approximate surface area is 174 Å². The summed E-state index contributed by atoms with van der Waals surface area (Å²) in [5.74, 6) is -0.185. The van der Waals surface area contributed by atoms with E-state index in [1.165, 1.54) is 0 Å². The Bertz CT molecular complexity index is 1140. The first-order valence-electron chi connectivity index (χ1n) is 8.81. The predicted octanol–water partition coefficient (Wildman–Crippen LogP) is 3.70. The summed E-state index contributed by atoms with van der Waals surface area (Å²) >= 11 is 5.95. The number of halogens is 1. The molecule has 0 spiro atoms. The van der Waals surface area contributed by atoms with E-state index in [2.05, 4.69) is 15.1 Å². The van der Waals surface area contributed by atoms with Gasteiger partial charge >= 0.3 is 0 Å². The molecule has 0 atom stereocenters. The predicted molar refractivity (Wildman–Crippen MR) is 115 cm³/mol. The van der Waals surface area contributed by atoms with Crippen molar-refractivity contribution >= 4 is 38.9 Å². The van der Waals surface area contributed by atoms with Crippen LogP contribution in [-0.2, 0) is 21.2 Å². The molecule has 29 heavy (non-hydrogen) atoms. The minimum Gasteiger partial charge on any atom is -0.326 e. The second-order valence-electron chi connectivity index (χ2n) is 6.71. The van der Waals surface area contributed by atoms with Gasteiger partial charge in [0.15, 0.2) is 0 Å². The average Bonchev–Trinajstić information content (AvgIpc) is 2.91. The standard InChI is InChI=1S/C20H21ClN4O3S/c1-13-19(14(2)25(23-13)18-10-4-15(21)5-11-18)12-20(26)22-16-6-8-17(9-7-16)24-29(3,27)28/h4-11,24H,12H2,1-3H3,(H,22,26). The Morgan fingerprint density at radius 1 is 1.03 bits per heavy atom. The van der Waals surface area contributed by atoms with Crippen LogP contribution in [0.25, 0.3) is 5.69 Å². The Hall–Kier alpha value is -2.84. The van der Waals surface area contributed by atoms with Crippen LogP contribution in [0.5, 0.6) is 0 Å². The van der Waals surface area contributed by atoms with Crippen molar-refractivity contribution in [3.63, 3.8) is 0 Å². The number of nitrogens with zero attached hydrogens (tertiary/aromatic N) is 2. The summed E-state index contributed by atoms with van der Waals surface area (Å²) in [6.07, 6.45) is 1.26. The van der Waals surface area contributed by atoms with Crippen molar-refractivity contribution in [2.45, 2.75) is 20.3 Å². The fourth-order valence-corrected chi connectivity index (χ4v) is 3.66. The highest BCUT2D eigenvalue weighted by Crippen LogP contribution is 2.21. The van der Waals surface area contributed by atoms with Gasteiger partial charge in [-0.05, 0) is 62.4 Å². The molecule has 7 nitrogen and oxygen atoms in total. The van der Waals surface area contributed by atoms with Gasteiger partial charge in [0.2, 0.25) is 15.9 Å². The summed E-state index contributed by atoms with van der Waals surface area (Å²) in [5, 5.41) is 8.01. The molecule has 0 aliphatic carbocycles. The molecule has 0 saturated heterocycles. The lowest BCUT2D eigenvalue weighted by molar-refractivity contribution is -0.115. The van der Waals surface area contributed by atoms with Crippen LogP contribution in [0.3, 0.4) is 0 Å². The smallest absolute Gasteiger partial charge is 0.229 e. The number of rotatable bonds is 6. The number of anilines is 2. The van der Waals surface area contributed by atoms with E-state index < -0.39 is 10.0 Å². The number of hydrogen-bond acceptors (Lipinski definition) is 4. The summed E-state index contributed by atoms with van der Waals surface area (Å²) in [6.45, 7) is 3.79. The van der Waals surface area contributed by atoms with Gasteiger partial charge in [0, 0.05) is 27.7 Å². The second kappa shape index (κ2) is 8.26. The number of carbonyl (C=O) groups is 1. The Morgan fingerprint density at radius 3 is 2.21 bits per heavy atom. The molecule has 0 saturated carbocycles. The van der Waals surface area contributed by atoms with E-state index in [0.29, 0.717) is 16.4 Å². The van der Waals surface area contributed by atoms with Crippen LogP contribution in [0.15, 0.2) is 48.5 Å². The van der Waals surface area contributed by atoms with Gasteiger partial charge in [-0.15, -0.1) is 0 Å². The average molecular weight is 433 g/mol. The first-order valence-corrected chi connectivity index (χ1v) is 11.1. The normalized spacial score (nSPS) is 11.3. The Kier molecular flexibility index (Phi) is 5.95. The fourth-order valence-electron chi connectivity index (χ4n) is 2.97. The molecule has 0 radical (unpaired) electrons. The highest BCUT2D eigenvalue weighted by molar-refractivity contribution is 7.92. The SMILES string of the molecule is Cc1nn(-c2ccc(Cl)cc2)c(C)c1CC(=O)Nc1ccc(NS(C)(=O)=O)cc1. The first kappa shape index (κ1) is 20.9. The molecule has 2 N–H and O–H groups in total. The zero-order chi connectivity index (χ0) is 21.2. The lowest BCUT2D eigenvalue weighted by Crippen LogP contribution is -2.15. The molecule has 1 heterocycles. The molecule has 2 aromatic carbocycles. The number of aryl methyl sites for hydroxylation is 1. The quantitative estimate of drug-likeness (QED) is 0.621. The van der Waals surface area contributed by atoms with E-state index in [9.17, 15) is 13.2 Å². The number of aromatic nitrogens is 2. The van der Waals surface area contributed by atoms with Crippen molar-refractivity contribution in [1.29, 1.82) is 0 Å². The van der Waals surface area contributed by atoms with E-state index in [1.54, 1.807) is 41.1 Å². The van der Waals surface area contributed by atoms with Crippen LogP contribution >= 0.6 is 11.6 Å². The van der Waals surface area contributed by atoms with Gasteiger partial charge in [0.1, 0.15) is 0 Å². The molecule has 1 amide bonds. The number of benzene rings is 2. The highest BCUT2D eigenvalue weighted by Gasteiger charge is 2.16. The van der Waals surface area contributed by atoms with Crippen LogP contribution in [0.1, 0.15) is 17.0 Å². The molecule has 3 aromatic rings. The summed E-state index contributed by atoms with van der Waals surface area (Å²) in [6, 6.07) is 13.8. The number of sulfonamides is 1. The number of amides is 1. The van der Waals surface area contributed by atoms with Gasteiger partial charge in [-0.3, -0.25) is 9.52 Å². The second-order valence-corrected chi connectivity index (χ2v) is 8.90. The fraction of sp³-hybridized carbons (Fsp3) is 0.200. The largest absolute Gasteiger partial charge is 0.326 e. The van der Waals surface area contributed by atoms with Crippen molar-refractivity contribution in [3.8, 4) is 5.69 Å². The molecule has 3 rings (SSSR count). The molecular weight excluding hydrogens is 412 g/mol. The summed E-state index contributed by atoms with van der Waals surface area (Å²) in [4.78, 5) is 12.5. The molecule has 152 valence electrons. The van der Waals surface area contributed by atoms with Crippen molar-refractivity contribution in [2.75, 3.05) is 16.3 Å².